The molecule has 3 atom stereocenters. The van der Waals surface area contributed by atoms with Crippen LogP contribution in [-0.2, 0) is 36.2 Å². The Morgan fingerprint density at radius 2 is 1.12 bits per heavy atom. The van der Waals surface area contributed by atoms with Crippen LogP contribution in [0.2, 0.25) is 0 Å². The van der Waals surface area contributed by atoms with E-state index in [-0.39, 0.29) is 77.2 Å². The number of carbonyl (C=O) groups is 4. The maximum Gasteiger partial charge on any atom is 0.416 e. The van der Waals surface area contributed by atoms with Crippen LogP contribution < -0.4 is 39.3 Å². The summed E-state index contributed by atoms with van der Waals surface area (Å²) >= 11 is 0. The van der Waals surface area contributed by atoms with Gasteiger partial charge in [0.2, 0.25) is 0 Å². The SMILES string of the molecule is CC(=O)c1cccc(N(C)c2cccc(S(=O)(=O)N(C)C(=O)c3ccccc3N3CC(C)CC3(C)C)n2)c1.CC1CN(c2ncc(-c3cccc(C(F)(F)F)c3)cc2C(=O)NS(=O)(=O)c2cccc(N(C)C)n2)C(C)(C)C1.CNc1ncccc1S(=O)(=O)NC(=O)c1ccc(-c2cc(C)ccc2C)nc1N1C[C@@H](C)CC1(C)C. The summed E-state index contributed by atoms with van der Waals surface area (Å²) in [6, 6.07) is 41.8. The number of benzene rings is 4. The Labute approximate surface area is 660 Å². The first kappa shape index (κ1) is 84.6. The Balaban J connectivity index is 0.000000180. The second-order valence-corrected chi connectivity index (χ2v) is 36.4. The number of hydrogen-bond donors (Lipinski definition) is 3. The number of halogens is 3. The number of aryl methyl sites for hydroxylation is 2. The second-order valence-electron chi connectivity index (χ2n) is 31.2. The second kappa shape index (κ2) is 33.1. The fraction of sp³-hybridized carbons (Fsp3) is 0.361. The summed E-state index contributed by atoms with van der Waals surface area (Å²) in [6.45, 7) is 26.5. The Morgan fingerprint density at radius 1 is 0.549 bits per heavy atom. The van der Waals surface area contributed by atoms with Gasteiger partial charge in [-0.3, -0.25) is 19.2 Å². The first-order valence-corrected chi connectivity index (χ1v) is 41.2. The van der Waals surface area contributed by atoms with Gasteiger partial charge < -0.3 is 29.8 Å². The van der Waals surface area contributed by atoms with Crippen LogP contribution in [0.15, 0.2) is 185 Å². The number of ketones is 1. The predicted octanol–water partition coefficient (Wildman–Crippen LogP) is 14.7. The molecule has 8 heterocycles. The molecule has 3 N–H and O–H groups in total. The zero-order valence-corrected chi connectivity index (χ0v) is 69.0. The number of rotatable bonds is 19. The van der Waals surface area contributed by atoms with Crippen LogP contribution in [0, 0.1) is 31.6 Å². The normalized spacial score (nSPS) is 17.1. The molecule has 9 aromatic rings. The summed E-state index contributed by atoms with van der Waals surface area (Å²) in [6.07, 6.45) is 1.05. The Hall–Kier alpha value is -10.9. The minimum atomic E-state index is -4.55. The quantitative estimate of drug-likeness (QED) is 0.0634. The molecule has 30 heteroatoms. The van der Waals surface area contributed by atoms with E-state index in [0.29, 0.717) is 52.6 Å². The highest BCUT2D eigenvalue weighted by atomic mass is 32.2. The lowest BCUT2D eigenvalue weighted by molar-refractivity contribution is -0.137. The minimum absolute atomic E-state index is 0.0700. The molecule has 0 saturated carbocycles. The number of pyridine rings is 5. The molecule has 3 aliphatic heterocycles. The number of aromatic nitrogens is 5. The van der Waals surface area contributed by atoms with Crippen molar-refractivity contribution in [2.45, 2.75) is 140 Å². The summed E-state index contributed by atoms with van der Waals surface area (Å²) < 4.78 is 125. The van der Waals surface area contributed by atoms with E-state index >= 15 is 0 Å². The number of carbonyl (C=O) groups excluding carboxylic acids is 4. The summed E-state index contributed by atoms with van der Waals surface area (Å²) in [7, 11) is -4.82. The third-order valence-electron chi connectivity index (χ3n) is 20.4. The fourth-order valence-electron chi connectivity index (χ4n) is 15.0. The van der Waals surface area contributed by atoms with Crippen LogP contribution in [0.4, 0.5) is 53.6 Å². The molecule has 0 radical (unpaired) electrons. The van der Waals surface area contributed by atoms with Crippen LogP contribution in [-0.4, -0.2) is 149 Å². The first-order chi connectivity index (χ1) is 52.8. The van der Waals surface area contributed by atoms with Gasteiger partial charge in [-0.1, -0.05) is 87.0 Å². The highest BCUT2D eigenvalue weighted by Gasteiger charge is 2.43. The smallest absolute Gasteiger partial charge is 0.372 e. The molecule has 113 heavy (non-hydrogen) atoms. The predicted molar refractivity (Wildman–Crippen MR) is 436 cm³/mol. The molecule has 3 saturated heterocycles. The number of hydrogen-bond acceptors (Lipinski definition) is 21. The molecule has 0 spiro atoms. The Morgan fingerprint density at radius 3 is 1.73 bits per heavy atom. The molecule has 0 aliphatic carbocycles. The van der Waals surface area contributed by atoms with Gasteiger partial charge in [-0.25, -0.2) is 47.1 Å². The molecule has 5 aromatic heterocycles. The Kier molecular flexibility index (Phi) is 24.8. The number of amides is 3. The van der Waals surface area contributed by atoms with Crippen molar-refractivity contribution in [3.05, 3.63) is 209 Å². The van der Waals surface area contributed by atoms with Crippen LogP contribution in [0.5, 0.6) is 0 Å². The summed E-state index contributed by atoms with van der Waals surface area (Å²) in [5.41, 5.74) is 5.11. The van der Waals surface area contributed by atoms with Crippen molar-refractivity contribution in [1.29, 1.82) is 0 Å². The molecule has 3 fully saturated rings. The first-order valence-electron chi connectivity index (χ1n) is 36.8. The molecular weight excluding hydrogens is 1510 g/mol. The average Bonchev–Trinajstić information content (AvgIpc) is 1.65. The van der Waals surface area contributed by atoms with E-state index in [1.807, 2.05) is 56.9 Å². The molecule has 24 nitrogen and oxygen atoms in total. The van der Waals surface area contributed by atoms with Crippen molar-refractivity contribution in [3.8, 4) is 22.4 Å². The van der Waals surface area contributed by atoms with Crippen LogP contribution in [0.1, 0.15) is 147 Å². The van der Waals surface area contributed by atoms with E-state index in [9.17, 15) is 57.6 Å². The lowest BCUT2D eigenvalue weighted by Gasteiger charge is -2.35. The standard InChI is InChI=1S/C29H34N4O4S.C27H30F3N5O3S.C27H33N5O3S/c1-20-18-29(3,4)33(19-20)25-14-8-7-13-24(25)28(35)32(6)38(36,37)27-16-10-15-26(30-27)31(5)23-12-9-11-22(17-23)21(2)34;1-17-14-26(2,3)35(16-17)24-21(13-19(15-31-24)18-8-6-9-20(12-18)27(28,29)30)25(36)33-39(37,38)23-11-7-10-22(32-23)34(4)5;1-17-9-10-19(3)21(14-17)22-12-11-20(25(30-22)32-16-18(2)15-27(32,4)5)26(33)31-36(34,35)23-8-7-13-29-24(23)28-6/h7-17,20H,18-19H2,1-6H3;6-13,15,17H,14,16H2,1-5H3,(H,33,36);7-14,18H,15-16H2,1-6H3,(H,28,29)(H,31,33)/t;;18-/m..0/s1. The average molecular weight is 1600 g/mol. The number of para-hydroxylation sites is 1. The minimum Gasteiger partial charge on any atom is -0.372 e. The number of nitrogens with zero attached hydrogens (tertiary/aromatic N) is 11. The van der Waals surface area contributed by atoms with Gasteiger partial charge >= 0.3 is 6.18 Å². The maximum absolute atomic E-state index is 13.6. The van der Waals surface area contributed by atoms with E-state index in [0.717, 1.165) is 76.9 Å². The number of alkyl halides is 3. The van der Waals surface area contributed by atoms with Gasteiger partial charge in [0.25, 0.3) is 47.8 Å². The van der Waals surface area contributed by atoms with Crippen LogP contribution in [0.25, 0.3) is 22.4 Å². The molecule has 3 aliphatic rings. The Bertz CT molecular complexity index is 5470. The zero-order chi connectivity index (χ0) is 82.8. The molecule has 3 amide bonds. The lowest BCUT2D eigenvalue weighted by Crippen LogP contribution is -2.41. The summed E-state index contributed by atoms with van der Waals surface area (Å²) in [5, 5.41) is 2.17. The van der Waals surface area contributed by atoms with Gasteiger partial charge in [0, 0.05) is 106 Å². The van der Waals surface area contributed by atoms with E-state index in [2.05, 4.69) is 105 Å². The summed E-state index contributed by atoms with van der Waals surface area (Å²) in [4.78, 5) is 83.9. The lowest BCUT2D eigenvalue weighted by atomic mass is 9.97. The number of sulfonamides is 3. The number of anilines is 7. The monoisotopic (exact) mass is 1600 g/mol. The maximum atomic E-state index is 13.6. The van der Waals surface area contributed by atoms with Crippen LogP contribution in [0.3, 0.4) is 0 Å². The van der Waals surface area contributed by atoms with Crippen molar-refractivity contribution < 1.29 is 57.6 Å². The van der Waals surface area contributed by atoms with E-state index < -0.39 is 59.5 Å². The number of nitrogens with one attached hydrogen (secondary N) is 3. The van der Waals surface area contributed by atoms with Gasteiger partial charge in [-0.15, -0.1) is 0 Å². The van der Waals surface area contributed by atoms with Gasteiger partial charge in [-0.05, 0) is 208 Å². The largest absolute Gasteiger partial charge is 0.416 e. The van der Waals surface area contributed by atoms with Crippen LogP contribution >= 0.6 is 0 Å². The van der Waals surface area contributed by atoms with Crippen molar-refractivity contribution in [3.63, 3.8) is 0 Å². The highest BCUT2D eigenvalue weighted by molar-refractivity contribution is 7.90. The van der Waals surface area contributed by atoms with Gasteiger partial charge in [-0.2, -0.15) is 30.0 Å². The molecule has 4 aromatic carbocycles. The van der Waals surface area contributed by atoms with Gasteiger partial charge in [0.15, 0.2) is 15.8 Å². The summed E-state index contributed by atoms with van der Waals surface area (Å²) in [5.74, 6) is 0.395. The van der Waals surface area contributed by atoms with Crippen molar-refractivity contribution in [2.75, 3.05) is 84.7 Å². The molecule has 2 unspecified atom stereocenters. The fourth-order valence-corrected chi connectivity index (χ4v) is 18.1. The third kappa shape index (κ3) is 18.9. The molecule has 0 bridgehead atoms. The molecule has 598 valence electrons. The van der Waals surface area contributed by atoms with E-state index in [1.54, 1.807) is 98.7 Å². The van der Waals surface area contributed by atoms with E-state index in [4.69, 9.17) is 4.98 Å². The zero-order valence-electron chi connectivity index (χ0n) is 66.5. The van der Waals surface area contributed by atoms with Crippen molar-refractivity contribution in [2.24, 2.45) is 17.8 Å². The number of Topliss-reactive ketones (excluding diaryl/α,β-unsaturated/α-hetero) is 1. The van der Waals surface area contributed by atoms with Crippen molar-refractivity contribution >= 4 is 94.0 Å². The van der Waals surface area contributed by atoms with E-state index in [1.165, 1.54) is 74.9 Å². The third-order valence-corrected chi connectivity index (χ3v) is 24.6. The topological polar surface area (TPSA) is 291 Å². The highest BCUT2D eigenvalue weighted by Crippen LogP contribution is 2.43. The molecular formula is C83H97F3N14O10S3. The van der Waals surface area contributed by atoms with Gasteiger partial charge in [0.05, 0.1) is 33.6 Å². The van der Waals surface area contributed by atoms with Gasteiger partial charge in [0.1, 0.15) is 34.0 Å². The van der Waals surface area contributed by atoms with Crippen molar-refractivity contribution in [1.82, 2.24) is 38.7 Å². The molecule has 12 rings (SSSR count).